The van der Waals surface area contributed by atoms with Crippen molar-refractivity contribution in [2.45, 2.75) is 32.1 Å². The number of nitrogens with zero attached hydrogens (tertiary/aromatic N) is 4. The summed E-state index contributed by atoms with van der Waals surface area (Å²) in [6.07, 6.45) is 2.64. The Balaban J connectivity index is 1.04. The zero-order valence-electron chi connectivity index (χ0n) is 18.9. The van der Waals surface area contributed by atoms with Crippen LogP contribution in [0.25, 0.3) is 11.4 Å². The molecule has 0 radical (unpaired) electrons. The van der Waals surface area contributed by atoms with Crippen molar-refractivity contribution in [3.63, 3.8) is 0 Å². The third kappa shape index (κ3) is 5.12. The molecule has 172 valence electrons. The van der Waals surface area contributed by atoms with E-state index in [9.17, 15) is 4.79 Å². The number of hydrogen-bond acceptors (Lipinski definition) is 5. The van der Waals surface area contributed by atoms with E-state index in [2.05, 4.69) is 34.1 Å². The smallest absolute Gasteiger partial charge is 0.227 e. The summed E-state index contributed by atoms with van der Waals surface area (Å²) in [7, 11) is 0. The number of hydrogen-bond donors (Lipinski definition) is 0. The lowest BCUT2D eigenvalue weighted by Gasteiger charge is -2.35. The maximum Gasteiger partial charge on any atom is 0.227 e. The van der Waals surface area contributed by atoms with Gasteiger partial charge in [-0.05, 0) is 43.9 Å². The molecular weight excluding hydrogens is 436 g/mol. The molecule has 6 nitrogen and oxygen atoms in total. The second-order valence-corrected chi connectivity index (χ2v) is 9.53. The Morgan fingerprint density at radius 3 is 2.61 bits per heavy atom. The first-order valence-electron chi connectivity index (χ1n) is 11.7. The number of carbonyl (C=O) groups is 1. The van der Waals surface area contributed by atoms with E-state index >= 15 is 0 Å². The Bertz CT molecular complexity index is 1110. The largest absolute Gasteiger partial charge is 0.340 e. The van der Waals surface area contributed by atoms with Gasteiger partial charge in [-0.15, -0.1) is 0 Å². The maximum atomic E-state index is 12.9. The highest BCUT2D eigenvalue weighted by Crippen LogP contribution is 2.50. The molecule has 33 heavy (non-hydrogen) atoms. The summed E-state index contributed by atoms with van der Waals surface area (Å²) in [6, 6.07) is 16.0. The number of aromatic nitrogens is 2. The number of carbonyl (C=O) groups excluding carboxylic acids is 1. The Labute approximate surface area is 199 Å². The lowest BCUT2D eigenvalue weighted by Crippen LogP contribution is -2.49. The fraction of sp³-hybridized carbons (Fsp3) is 0.423. The molecule has 2 unspecified atom stereocenters. The van der Waals surface area contributed by atoms with Crippen molar-refractivity contribution in [3.05, 3.63) is 70.6 Å². The predicted octanol–water partition coefficient (Wildman–Crippen LogP) is 4.58. The van der Waals surface area contributed by atoms with Crippen LogP contribution in [0.3, 0.4) is 0 Å². The summed E-state index contributed by atoms with van der Waals surface area (Å²) in [4.78, 5) is 21.9. The molecule has 2 aliphatic rings. The van der Waals surface area contributed by atoms with Crippen molar-refractivity contribution in [3.8, 4) is 11.4 Å². The zero-order valence-corrected chi connectivity index (χ0v) is 19.7. The number of piperazine rings is 1. The van der Waals surface area contributed by atoms with Crippen LogP contribution in [0, 0.1) is 12.8 Å². The van der Waals surface area contributed by atoms with Gasteiger partial charge in [0.15, 0.2) is 0 Å². The standard InChI is InChI=1S/C26H29ClN4O2/c1-18-8-10-19(11-9-18)25-28-24(33-29-25)7-4-12-30-13-15-31(16-14-30)26(32)22-17-21(22)20-5-2-3-6-23(20)27/h2-3,5-6,8-11,21-22H,4,7,12-17H2,1H3. The van der Waals surface area contributed by atoms with Crippen LogP contribution >= 0.6 is 11.6 Å². The first-order valence-corrected chi connectivity index (χ1v) is 12.1. The van der Waals surface area contributed by atoms with Gasteiger partial charge >= 0.3 is 0 Å². The number of rotatable bonds is 7. The van der Waals surface area contributed by atoms with Gasteiger partial charge in [-0.2, -0.15) is 4.98 Å². The Morgan fingerprint density at radius 1 is 1.09 bits per heavy atom. The minimum Gasteiger partial charge on any atom is -0.340 e. The normalized spacial score (nSPS) is 20.7. The van der Waals surface area contributed by atoms with E-state index in [1.54, 1.807) is 0 Å². The number of amides is 1. The van der Waals surface area contributed by atoms with Crippen LogP contribution < -0.4 is 0 Å². The Morgan fingerprint density at radius 2 is 1.85 bits per heavy atom. The number of aryl methyl sites for hydroxylation is 2. The Kier molecular flexibility index (Phi) is 6.47. The van der Waals surface area contributed by atoms with Gasteiger partial charge in [-0.3, -0.25) is 9.69 Å². The monoisotopic (exact) mass is 464 g/mol. The molecule has 2 atom stereocenters. The summed E-state index contributed by atoms with van der Waals surface area (Å²) in [5.41, 5.74) is 3.30. The van der Waals surface area contributed by atoms with E-state index in [1.165, 1.54) is 5.56 Å². The van der Waals surface area contributed by atoms with E-state index < -0.39 is 0 Å². The Hall–Kier alpha value is -2.70. The highest BCUT2D eigenvalue weighted by atomic mass is 35.5. The molecule has 2 heterocycles. The molecule has 0 N–H and O–H groups in total. The van der Waals surface area contributed by atoms with Gasteiger partial charge in [-0.25, -0.2) is 0 Å². The highest BCUT2D eigenvalue weighted by molar-refractivity contribution is 6.31. The molecule has 3 aromatic rings. The molecule has 1 amide bonds. The average molecular weight is 465 g/mol. The van der Waals surface area contributed by atoms with Gasteiger partial charge < -0.3 is 9.42 Å². The quantitative estimate of drug-likeness (QED) is 0.512. The maximum absolute atomic E-state index is 12.9. The number of halogens is 1. The van der Waals surface area contributed by atoms with Crippen molar-refractivity contribution >= 4 is 17.5 Å². The molecular formula is C26H29ClN4O2. The summed E-state index contributed by atoms with van der Waals surface area (Å²) < 4.78 is 5.43. The third-order valence-electron chi connectivity index (χ3n) is 6.74. The fourth-order valence-electron chi connectivity index (χ4n) is 4.64. The first-order chi connectivity index (χ1) is 16.1. The molecule has 1 aromatic heterocycles. The van der Waals surface area contributed by atoms with E-state index in [-0.39, 0.29) is 17.7 Å². The van der Waals surface area contributed by atoms with Crippen LogP contribution in [0.15, 0.2) is 53.1 Å². The van der Waals surface area contributed by atoms with Crippen molar-refractivity contribution in [2.24, 2.45) is 5.92 Å². The first kappa shape index (κ1) is 22.1. The van der Waals surface area contributed by atoms with Crippen molar-refractivity contribution < 1.29 is 9.32 Å². The van der Waals surface area contributed by atoms with Gasteiger partial charge in [0, 0.05) is 49.1 Å². The molecule has 1 aliphatic carbocycles. The SMILES string of the molecule is Cc1ccc(-c2noc(CCCN3CCN(C(=O)C4CC4c4ccccc4Cl)CC3)n2)cc1. The van der Waals surface area contributed by atoms with Gasteiger partial charge in [0.25, 0.3) is 0 Å². The second kappa shape index (κ2) is 9.65. The van der Waals surface area contributed by atoms with Crippen LogP contribution in [0.5, 0.6) is 0 Å². The van der Waals surface area contributed by atoms with E-state index in [1.807, 2.05) is 41.3 Å². The third-order valence-corrected chi connectivity index (χ3v) is 7.08. The average Bonchev–Trinajstić information content (AvgIpc) is 3.49. The molecule has 1 saturated carbocycles. The van der Waals surface area contributed by atoms with Crippen LogP contribution in [0.2, 0.25) is 5.02 Å². The molecule has 5 rings (SSSR count). The molecule has 1 aliphatic heterocycles. The van der Waals surface area contributed by atoms with E-state index in [4.69, 9.17) is 16.1 Å². The van der Waals surface area contributed by atoms with Crippen molar-refractivity contribution in [2.75, 3.05) is 32.7 Å². The molecule has 7 heteroatoms. The van der Waals surface area contributed by atoms with Crippen LogP contribution in [-0.2, 0) is 11.2 Å². The van der Waals surface area contributed by atoms with Gasteiger partial charge in [0.1, 0.15) is 0 Å². The van der Waals surface area contributed by atoms with Crippen LogP contribution in [0.4, 0.5) is 0 Å². The van der Waals surface area contributed by atoms with Crippen molar-refractivity contribution in [1.29, 1.82) is 0 Å². The number of benzene rings is 2. The predicted molar refractivity (Wildman–Crippen MR) is 128 cm³/mol. The van der Waals surface area contributed by atoms with Crippen LogP contribution in [0.1, 0.15) is 35.8 Å². The molecule has 0 spiro atoms. The van der Waals surface area contributed by atoms with Gasteiger partial charge in [-0.1, -0.05) is 64.8 Å². The lowest BCUT2D eigenvalue weighted by molar-refractivity contribution is -0.134. The lowest BCUT2D eigenvalue weighted by atomic mass is 10.1. The molecule has 2 fully saturated rings. The van der Waals surface area contributed by atoms with Gasteiger partial charge in [0.05, 0.1) is 0 Å². The van der Waals surface area contributed by atoms with E-state index in [0.717, 1.165) is 68.1 Å². The minimum absolute atomic E-state index is 0.0942. The molecule has 2 aromatic carbocycles. The van der Waals surface area contributed by atoms with E-state index in [0.29, 0.717) is 11.7 Å². The molecule has 0 bridgehead atoms. The van der Waals surface area contributed by atoms with Crippen molar-refractivity contribution in [1.82, 2.24) is 19.9 Å². The summed E-state index contributed by atoms with van der Waals surface area (Å²) in [5, 5.41) is 4.89. The summed E-state index contributed by atoms with van der Waals surface area (Å²) in [5.74, 6) is 1.99. The van der Waals surface area contributed by atoms with Gasteiger partial charge in [0.2, 0.25) is 17.6 Å². The fourth-order valence-corrected chi connectivity index (χ4v) is 4.92. The topological polar surface area (TPSA) is 62.5 Å². The zero-order chi connectivity index (χ0) is 22.8. The second-order valence-electron chi connectivity index (χ2n) is 9.12. The highest BCUT2D eigenvalue weighted by Gasteiger charge is 2.46. The van der Waals surface area contributed by atoms with Crippen LogP contribution in [-0.4, -0.2) is 58.6 Å². The minimum atomic E-state index is 0.0942. The molecule has 1 saturated heterocycles. The summed E-state index contributed by atoms with van der Waals surface area (Å²) in [6.45, 7) is 6.44. The summed E-state index contributed by atoms with van der Waals surface area (Å²) >= 11 is 6.32.